The van der Waals surface area contributed by atoms with E-state index in [1.165, 1.54) is 5.56 Å². The number of hydrogen-bond acceptors (Lipinski definition) is 3. The van der Waals surface area contributed by atoms with E-state index in [1.807, 2.05) is 49.1 Å². The Bertz CT molecular complexity index is 981. The van der Waals surface area contributed by atoms with Gasteiger partial charge in [0.2, 0.25) is 0 Å². The quantitative estimate of drug-likeness (QED) is 0.678. The summed E-state index contributed by atoms with van der Waals surface area (Å²) >= 11 is 0. The molecule has 2 aromatic carbocycles. The van der Waals surface area contributed by atoms with E-state index < -0.39 is 0 Å². The van der Waals surface area contributed by atoms with E-state index in [0.29, 0.717) is 18.7 Å². The predicted octanol–water partition coefficient (Wildman–Crippen LogP) is 4.46. The van der Waals surface area contributed by atoms with Crippen LogP contribution in [0.15, 0.2) is 54.6 Å². The summed E-state index contributed by atoms with van der Waals surface area (Å²) in [7, 11) is 0. The molecule has 0 N–H and O–H groups in total. The Balaban J connectivity index is 1.83. The molecule has 0 saturated carbocycles. The molecule has 0 aliphatic carbocycles. The minimum absolute atomic E-state index is 0.0459. The van der Waals surface area contributed by atoms with Gasteiger partial charge in [-0.2, -0.15) is 0 Å². The molecule has 1 fully saturated rings. The topological polar surface area (TPSA) is 42.4 Å². The number of aryl methyl sites for hydroxylation is 1. The van der Waals surface area contributed by atoms with Crippen LogP contribution in [-0.4, -0.2) is 41.1 Å². The van der Waals surface area contributed by atoms with Crippen molar-refractivity contribution in [3.63, 3.8) is 0 Å². The third kappa shape index (κ3) is 3.45. The molecule has 0 radical (unpaired) electrons. The largest absolute Gasteiger partial charge is 0.375 e. The average Bonchev–Trinajstić information content (AvgIpc) is 2.69. The zero-order valence-corrected chi connectivity index (χ0v) is 16.0. The molecule has 138 valence electrons. The van der Waals surface area contributed by atoms with Gasteiger partial charge < -0.3 is 9.64 Å². The zero-order chi connectivity index (χ0) is 19.0. The maximum Gasteiger partial charge on any atom is 0.255 e. The number of hydrogen-bond donors (Lipinski definition) is 0. The lowest BCUT2D eigenvalue weighted by molar-refractivity contribution is -0.0386. The van der Waals surface area contributed by atoms with Crippen LogP contribution in [0.5, 0.6) is 0 Å². The number of nitrogens with zero attached hydrogens (tertiary/aromatic N) is 2. The van der Waals surface area contributed by atoms with Gasteiger partial charge in [0.25, 0.3) is 5.91 Å². The van der Waals surface area contributed by atoms with Crippen LogP contribution in [0, 0.1) is 6.92 Å². The van der Waals surface area contributed by atoms with Gasteiger partial charge in [0.05, 0.1) is 35.5 Å². The monoisotopic (exact) mass is 360 g/mol. The van der Waals surface area contributed by atoms with E-state index in [4.69, 9.17) is 9.72 Å². The van der Waals surface area contributed by atoms with Crippen LogP contribution in [0.1, 0.15) is 29.8 Å². The van der Waals surface area contributed by atoms with Crippen molar-refractivity contribution in [1.29, 1.82) is 0 Å². The van der Waals surface area contributed by atoms with Crippen LogP contribution in [0.3, 0.4) is 0 Å². The normalized spacial score (nSPS) is 20.0. The number of aromatic nitrogens is 1. The highest BCUT2D eigenvalue weighted by Crippen LogP contribution is 2.27. The minimum Gasteiger partial charge on any atom is -0.375 e. The van der Waals surface area contributed by atoms with Crippen molar-refractivity contribution in [2.75, 3.05) is 13.2 Å². The number of morpholine rings is 1. The molecule has 2 heterocycles. The van der Waals surface area contributed by atoms with Crippen molar-refractivity contribution in [3.8, 4) is 11.3 Å². The number of carbonyl (C=O) groups excluding carboxylic acids is 1. The van der Waals surface area contributed by atoms with Crippen LogP contribution in [0.4, 0.5) is 0 Å². The summed E-state index contributed by atoms with van der Waals surface area (Å²) in [4.78, 5) is 20.2. The molecule has 3 aromatic rings. The summed E-state index contributed by atoms with van der Waals surface area (Å²) in [5, 5.41) is 0.893. The van der Waals surface area contributed by atoms with Crippen molar-refractivity contribution >= 4 is 16.8 Å². The summed E-state index contributed by atoms with van der Waals surface area (Å²) in [5.41, 5.74) is 4.59. The SMILES string of the molecule is Cc1ccc(-c2cc(C(=O)N3CC(C)OCC3C)c3ccccc3n2)cc1. The van der Waals surface area contributed by atoms with Gasteiger partial charge in [-0.1, -0.05) is 48.0 Å². The molecule has 1 aromatic heterocycles. The number of benzene rings is 2. The summed E-state index contributed by atoms with van der Waals surface area (Å²) in [6, 6.07) is 18.1. The first-order chi connectivity index (χ1) is 13.0. The van der Waals surface area contributed by atoms with Crippen LogP contribution in [0.2, 0.25) is 0 Å². The molecular formula is C23H24N2O2. The number of carbonyl (C=O) groups is 1. The lowest BCUT2D eigenvalue weighted by Crippen LogP contribution is -2.50. The molecule has 2 atom stereocenters. The summed E-state index contributed by atoms with van der Waals surface area (Å²) < 4.78 is 5.69. The first kappa shape index (κ1) is 17.7. The van der Waals surface area contributed by atoms with Gasteiger partial charge >= 0.3 is 0 Å². The Morgan fingerprint density at radius 2 is 1.85 bits per heavy atom. The maximum absolute atomic E-state index is 13.4. The van der Waals surface area contributed by atoms with Gasteiger partial charge in [-0.15, -0.1) is 0 Å². The van der Waals surface area contributed by atoms with E-state index in [0.717, 1.165) is 22.2 Å². The van der Waals surface area contributed by atoms with Gasteiger partial charge in [-0.05, 0) is 32.9 Å². The van der Waals surface area contributed by atoms with Gasteiger partial charge in [-0.25, -0.2) is 4.98 Å². The molecule has 0 spiro atoms. The number of ether oxygens (including phenoxy) is 1. The zero-order valence-electron chi connectivity index (χ0n) is 16.0. The number of pyridine rings is 1. The van der Waals surface area contributed by atoms with Gasteiger partial charge in [0, 0.05) is 17.5 Å². The first-order valence-corrected chi connectivity index (χ1v) is 9.42. The molecule has 0 bridgehead atoms. The van der Waals surface area contributed by atoms with Crippen LogP contribution < -0.4 is 0 Å². The number of amides is 1. The van der Waals surface area contributed by atoms with Crippen molar-refractivity contribution in [3.05, 3.63) is 65.7 Å². The Kier molecular flexibility index (Phi) is 4.66. The second-order valence-corrected chi connectivity index (χ2v) is 7.39. The van der Waals surface area contributed by atoms with E-state index in [9.17, 15) is 4.79 Å². The van der Waals surface area contributed by atoms with E-state index in [1.54, 1.807) is 0 Å². The molecule has 4 heteroatoms. The van der Waals surface area contributed by atoms with Crippen molar-refractivity contribution < 1.29 is 9.53 Å². The molecule has 1 saturated heterocycles. The highest BCUT2D eigenvalue weighted by molar-refractivity contribution is 6.07. The second kappa shape index (κ2) is 7.12. The van der Waals surface area contributed by atoms with E-state index in [2.05, 4.69) is 31.2 Å². The molecule has 1 amide bonds. The van der Waals surface area contributed by atoms with Gasteiger partial charge in [-0.3, -0.25) is 4.79 Å². The maximum atomic E-state index is 13.4. The van der Waals surface area contributed by atoms with Crippen molar-refractivity contribution in [2.45, 2.75) is 32.9 Å². The number of fused-ring (bicyclic) bond motifs is 1. The van der Waals surface area contributed by atoms with Crippen molar-refractivity contribution in [1.82, 2.24) is 9.88 Å². The highest BCUT2D eigenvalue weighted by atomic mass is 16.5. The third-order valence-corrected chi connectivity index (χ3v) is 5.16. The van der Waals surface area contributed by atoms with Crippen LogP contribution in [0.25, 0.3) is 22.2 Å². The first-order valence-electron chi connectivity index (χ1n) is 9.42. The highest BCUT2D eigenvalue weighted by Gasteiger charge is 2.29. The second-order valence-electron chi connectivity index (χ2n) is 7.39. The summed E-state index contributed by atoms with van der Waals surface area (Å²) in [5.74, 6) is 0.0459. The molecule has 2 unspecified atom stereocenters. The summed E-state index contributed by atoms with van der Waals surface area (Å²) in [6.45, 7) is 7.29. The standard InChI is InChI=1S/C23H24N2O2/c1-15-8-10-18(11-9-15)22-12-20(19-6-4-5-7-21(19)24-22)23(26)25-13-17(3)27-14-16(25)2/h4-12,16-17H,13-14H2,1-3H3. The Morgan fingerprint density at radius 1 is 1.11 bits per heavy atom. The van der Waals surface area contributed by atoms with E-state index in [-0.39, 0.29) is 18.1 Å². The Morgan fingerprint density at radius 3 is 2.63 bits per heavy atom. The fraction of sp³-hybridized carbons (Fsp3) is 0.304. The van der Waals surface area contributed by atoms with Gasteiger partial charge in [0.1, 0.15) is 0 Å². The average molecular weight is 360 g/mol. The lowest BCUT2D eigenvalue weighted by Gasteiger charge is -2.37. The molecular weight excluding hydrogens is 336 g/mol. The Hall–Kier alpha value is -2.72. The van der Waals surface area contributed by atoms with E-state index >= 15 is 0 Å². The predicted molar refractivity (Wildman–Crippen MR) is 108 cm³/mol. The smallest absolute Gasteiger partial charge is 0.255 e. The Labute approximate surface area is 159 Å². The molecule has 27 heavy (non-hydrogen) atoms. The minimum atomic E-state index is 0.0459. The molecule has 1 aliphatic heterocycles. The summed E-state index contributed by atoms with van der Waals surface area (Å²) in [6.07, 6.45) is 0.0508. The molecule has 4 nitrogen and oxygen atoms in total. The van der Waals surface area contributed by atoms with Gasteiger partial charge in [0.15, 0.2) is 0 Å². The van der Waals surface area contributed by atoms with Crippen LogP contribution >= 0.6 is 0 Å². The van der Waals surface area contributed by atoms with Crippen LogP contribution in [-0.2, 0) is 4.74 Å². The fourth-order valence-corrected chi connectivity index (χ4v) is 3.57. The lowest BCUT2D eigenvalue weighted by atomic mass is 10.0. The van der Waals surface area contributed by atoms with Crippen molar-refractivity contribution in [2.24, 2.45) is 0 Å². The number of para-hydroxylation sites is 1. The molecule has 4 rings (SSSR count). The fourth-order valence-electron chi connectivity index (χ4n) is 3.57. The number of rotatable bonds is 2. The molecule has 1 aliphatic rings. The third-order valence-electron chi connectivity index (χ3n) is 5.16.